The number of hydrogen-bond donors (Lipinski definition) is 2. The highest BCUT2D eigenvalue weighted by molar-refractivity contribution is 5.76. The second-order valence-corrected chi connectivity index (χ2v) is 3.65. The van der Waals surface area contributed by atoms with Crippen molar-refractivity contribution in [2.24, 2.45) is 5.73 Å². The first kappa shape index (κ1) is 14.4. The van der Waals surface area contributed by atoms with Crippen LogP contribution in [-0.2, 0) is 9.53 Å². The molecule has 0 radical (unpaired) electrons. The number of hydrogen-bond acceptors (Lipinski definition) is 3. The molecule has 0 aliphatic carbocycles. The number of ether oxygens (including phenoxy) is 1. The number of nitrogens with one attached hydrogen (secondary N) is 1. The van der Waals surface area contributed by atoms with Gasteiger partial charge in [0.1, 0.15) is 0 Å². The third-order valence-corrected chi connectivity index (χ3v) is 2.11. The van der Waals surface area contributed by atoms with Gasteiger partial charge in [0, 0.05) is 25.6 Å². The van der Waals surface area contributed by atoms with Crippen molar-refractivity contribution < 1.29 is 9.53 Å². The second-order valence-electron chi connectivity index (χ2n) is 3.65. The van der Waals surface area contributed by atoms with Crippen LogP contribution in [0.2, 0.25) is 0 Å². The molecule has 0 heterocycles. The van der Waals surface area contributed by atoms with Gasteiger partial charge < -0.3 is 15.8 Å². The molecule has 1 unspecified atom stereocenters. The molecule has 4 heteroatoms. The minimum atomic E-state index is 0.0370. The fourth-order valence-corrected chi connectivity index (χ4v) is 1.31. The standard InChI is InChI=1S/C11H24N2O2/c1-3-5-10(9-12)13-11(14)6-8-15-7-4-2/h10H,3-9,12H2,1-2H3,(H,13,14). The van der Waals surface area contributed by atoms with Crippen molar-refractivity contribution in [2.45, 2.75) is 45.6 Å². The first-order valence-electron chi connectivity index (χ1n) is 5.81. The lowest BCUT2D eigenvalue weighted by Crippen LogP contribution is -2.40. The lowest BCUT2D eigenvalue weighted by molar-refractivity contribution is -0.122. The third kappa shape index (κ3) is 8.39. The number of nitrogens with two attached hydrogens (primary N) is 1. The molecule has 0 spiro atoms. The van der Waals surface area contributed by atoms with Crippen LogP contribution in [0, 0.1) is 0 Å². The quantitative estimate of drug-likeness (QED) is 0.566. The van der Waals surface area contributed by atoms with E-state index in [0.717, 1.165) is 25.9 Å². The highest BCUT2D eigenvalue weighted by atomic mass is 16.5. The van der Waals surface area contributed by atoms with Gasteiger partial charge in [-0.25, -0.2) is 0 Å². The fraction of sp³-hybridized carbons (Fsp3) is 0.909. The smallest absolute Gasteiger partial charge is 0.222 e. The molecule has 0 aromatic heterocycles. The molecular weight excluding hydrogens is 192 g/mol. The van der Waals surface area contributed by atoms with Crippen LogP contribution >= 0.6 is 0 Å². The molecule has 0 fully saturated rings. The van der Waals surface area contributed by atoms with Crippen LogP contribution in [0.1, 0.15) is 39.5 Å². The Labute approximate surface area is 92.6 Å². The van der Waals surface area contributed by atoms with Gasteiger partial charge in [0.05, 0.1) is 6.61 Å². The minimum absolute atomic E-state index is 0.0370. The average Bonchev–Trinajstić information content (AvgIpc) is 2.24. The lowest BCUT2D eigenvalue weighted by Gasteiger charge is -2.15. The lowest BCUT2D eigenvalue weighted by atomic mass is 10.1. The number of amides is 1. The Hall–Kier alpha value is -0.610. The van der Waals surface area contributed by atoms with Crippen LogP contribution in [0.4, 0.5) is 0 Å². The van der Waals surface area contributed by atoms with E-state index >= 15 is 0 Å². The van der Waals surface area contributed by atoms with Gasteiger partial charge in [0.25, 0.3) is 0 Å². The van der Waals surface area contributed by atoms with E-state index in [1.54, 1.807) is 0 Å². The topological polar surface area (TPSA) is 64.3 Å². The molecule has 0 saturated carbocycles. The van der Waals surface area contributed by atoms with Crippen molar-refractivity contribution in [2.75, 3.05) is 19.8 Å². The second kappa shape index (κ2) is 9.93. The zero-order valence-electron chi connectivity index (χ0n) is 9.92. The van der Waals surface area contributed by atoms with Gasteiger partial charge in [0.15, 0.2) is 0 Å². The average molecular weight is 216 g/mol. The molecule has 15 heavy (non-hydrogen) atoms. The molecule has 1 atom stereocenters. The molecular formula is C11H24N2O2. The van der Waals surface area contributed by atoms with E-state index in [2.05, 4.69) is 12.2 Å². The van der Waals surface area contributed by atoms with Gasteiger partial charge in [0.2, 0.25) is 5.91 Å². The van der Waals surface area contributed by atoms with Crippen LogP contribution in [-0.4, -0.2) is 31.7 Å². The van der Waals surface area contributed by atoms with Crippen LogP contribution in [0.3, 0.4) is 0 Å². The van der Waals surface area contributed by atoms with Crippen molar-refractivity contribution in [1.29, 1.82) is 0 Å². The van der Waals surface area contributed by atoms with Crippen LogP contribution in [0.15, 0.2) is 0 Å². The molecule has 0 saturated heterocycles. The summed E-state index contributed by atoms with van der Waals surface area (Å²) < 4.78 is 5.24. The van der Waals surface area contributed by atoms with Crippen LogP contribution in [0.25, 0.3) is 0 Å². The van der Waals surface area contributed by atoms with Gasteiger partial charge in [-0.1, -0.05) is 20.3 Å². The maximum Gasteiger partial charge on any atom is 0.222 e. The van der Waals surface area contributed by atoms with Crippen LogP contribution in [0.5, 0.6) is 0 Å². The summed E-state index contributed by atoms with van der Waals surface area (Å²) in [4.78, 5) is 11.4. The summed E-state index contributed by atoms with van der Waals surface area (Å²) in [6, 6.07) is 0.119. The summed E-state index contributed by atoms with van der Waals surface area (Å²) in [5.74, 6) is 0.0370. The zero-order chi connectivity index (χ0) is 11.5. The molecule has 90 valence electrons. The first-order chi connectivity index (χ1) is 7.24. The predicted molar refractivity (Wildman–Crippen MR) is 61.6 cm³/mol. The highest BCUT2D eigenvalue weighted by Crippen LogP contribution is 1.95. The Bertz CT molecular complexity index is 163. The molecule has 1 amide bonds. The van der Waals surface area contributed by atoms with Crippen molar-refractivity contribution in [3.8, 4) is 0 Å². The van der Waals surface area contributed by atoms with Gasteiger partial charge in [-0.15, -0.1) is 0 Å². The normalized spacial score (nSPS) is 12.5. The molecule has 0 bridgehead atoms. The first-order valence-corrected chi connectivity index (χ1v) is 5.81. The van der Waals surface area contributed by atoms with Gasteiger partial charge in [-0.2, -0.15) is 0 Å². The van der Waals surface area contributed by atoms with Gasteiger partial charge in [-0.3, -0.25) is 4.79 Å². The Balaban J connectivity index is 3.52. The summed E-state index contributed by atoms with van der Waals surface area (Å²) in [5.41, 5.74) is 5.54. The van der Waals surface area contributed by atoms with Crippen molar-refractivity contribution in [3.63, 3.8) is 0 Å². The summed E-state index contributed by atoms with van der Waals surface area (Å²) in [6.07, 6.45) is 3.40. The third-order valence-electron chi connectivity index (χ3n) is 2.11. The zero-order valence-corrected chi connectivity index (χ0v) is 9.92. The maximum absolute atomic E-state index is 11.4. The predicted octanol–water partition coefficient (Wildman–Crippen LogP) is 1.05. The maximum atomic E-state index is 11.4. The molecule has 0 aromatic carbocycles. The Morgan fingerprint density at radius 2 is 2.07 bits per heavy atom. The van der Waals surface area contributed by atoms with E-state index in [1.165, 1.54) is 0 Å². The van der Waals surface area contributed by atoms with E-state index in [1.807, 2.05) is 6.92 Å². The van der Waals surface area contributed by atoms with E-state index < -0.39 is 0 Å². The fourth-order valence-electron chi connectivity index (χ4n) is 1.31. The molecule has 0 aliphatic heterocycles. The summed E-state index contributed by atoms with van der Waals surface area (Å²) >= 11 is 0. The van der Waals surface area contributed by atoms with E-state index in [-0.39, 0.29) is 11.9 Å². The summed E-state index contributed by atoms with van der Waals surface area (Å²) in [6.45, 7) is 5.87. The van der Waals surface area contributed by atoms with Crippen molar-refractivity contribution in [3.05, 3.63) is 0 Å². The molecule has 0 rings (SSSR count). The van der Waals surface area contributed by atoms with Crippen molar-refractivity contribution in [1.82, 2.24) is 5.32 Å². The Kier molecular flexibility index (Phi) is 9.52. The van der Waals surface area contributed by atoms with Gasteiger partial charge in [-0.05, 0) is 12.8 Å². The molecule has 0 aliphatic rings. The largest absolute Gasteiger partial charge is 0.381 e. The van der Waals surface area contributed by atoms with Crippen LogP contribution < -0.4 is 11.1 Å². The van der Waals surface area contributed by atoms with E-state index in [9.17, 15) is 4.79 Å². The monoisotopic (exact) mass is 216 g/mol. The Morgan fingerprint density at radius 1 is 1.33 bits per heavy atom. The number of rotatable bonds is 9. The highest BCUT2D eigenvalue weighted by Gasteiger charge is 2.08. The van der Waals surface area contributed by atoms with Crippen molar-refractivity contribution >= 4 is 5.91 Å². The number of carbonyl (C=O) groups is 1. The molecule has 0 aromatic rings. The van der Waals surface area contributed by atoms with E-state index in [4.69, 9.17) is 10.5 Å². The summed E-state index contributed by atoms with van der Waals surface area (Å²) in [7, 11) is 0. The number of carbonyl (C=O) groups excluding carboxylic acids is 1. The Morgan fingerprint density at radius 3 is 2.60 bits per heavy atom. The van der Waals surface area contributed by atoms with E-state index in [0.29, 0.717) is 19.6 Å². The minimum Gasteiger partial charge on any atom is -0.381 e. The summed E-state index contributed by atoms with van der Waals surface area (Å²) in [5, 5.41) is 2.90. The van der Waals surface area contributed by atoms with Gasteiger partial charge >= 0.3 is 0 Å². The molecule has 4 nitrogen and oxygen atoms in total. The molecule has 3 N–H and O–H groups in total. The SMILES string of the molecule is CCCOCCC(=O)NC(CN)CCC.